The lowest BCUT2D eigenvalue weighted by Crippen LogP contribution is -2.48. The topological polar surface area (TPSA) is 93.0 Å². The molecular weight excluding hydrogens is 401 g/mol. The number of hydrogen-bond donors (Lipinski definition) is 0. The van der Waals surface area contributed by atoms with E-state index in [1.165, 1.54) is 29.6 Å². The fraction of sp³-hybridized carbons (Fsp3) is 0.368. The van der Waals surface area contributed by atoms with Crippen LogP contribution >= 0.6 is 0 Å². The monoisotopic (exact) mass is 423 g/mol. The molecule has 0 N–H and O–H groups in total. The van der Waals surface area contributed by atoms with E-state index in [0.29, 0.717) is 25.2 Å². The molecule has 0 bridgehead atoms. The van der Waals surface area contributed by atoms with E-state index >= 15 is 0 Å². The molecule has 0 aliphatic carbocycles. The summed E-state index contributed by atoms with van der Waals surface area (Å²) >= 11 is 0. The van der Waals surface area contributed by atoms with Gasteiger partial charge in [-0.25, -0.2) is 12.8 Å². The van der Waals surface area contributed by atoms with Crippen molar-refractivity contribution in [1.82, 2.24) is 9.21 Å². The molecule has 156 valence electrons. The van der Waals surface area contributed by atoms with Gasteiger partial charge in [0, 0.05) is 44.4 Å². The van der Waals surface area contributed by atoms with Crippen LogP contribution in [-0.2, 0) is 16.6 Å². The highest BCUT2D eigenvalue weighted by Gasteiger charge is 2.30. The van der Waals surface area contributed by atoms with Crippen LogP contribution in [0.25, 0.3) is 0 Å². The van der Waals surface area contributed by atoms with Gasteiger partial charge in [-0.1, -0.05) is 12.1 Å². The van der Waals surface area contributed by atoms with Crippen LogP contribution in [-0.4, -0.2) is 55.8 Å². The molecule has 3 rings (SSSR count). The van der Waals surface area contributed by atoms with Gasteiger partial charge >= 0.3 is 0 Å². The highest BCUT2D eigenvalue weighted by atomic mass is 32.2. The number of ether oxygens (including phenoxy) is 1. The largest absolute Gasteiger partial charge is 0.494 e. The number of sulfonamides is 1. The lowest BCUT2D eigenvalue weighted by Gasteiger charge is -2.34. The first-order valence-corrected chi connectivity index (χ1v) is 10.5. The molecule has 0 amide bonds. The van der Waals surface area contributed by atoms with Crippen LogP contribution in [0.15, 0.2) is 41.3 Å². The smallest absolute Gasteiger partial charge is 0.273 e. The highest BCUT2D eigenvalue weighted by Crippen LogP contribution is 2.25. The first-order chi connectivity index (χ1) is 13.7. The predicted octanol–water partition coefficient (Wildman–Crippen LogP) is 2.56. The SMILES string of the molecule is COc1ccc(CN2CCN(S(=O)(=O)c3ccc(C)c([N+](=O)[O-])c3)CC2)cc1F. The number of rotatable bonds is 6. The fourth-order valence-electron chi connectivity index (χ4n) is 3.29. The van der Waals surface area contributed by atoms with Crippen LogP contribution < -0.4 is 4.74 Å². The molecule has 0 saturated carbocycles. The molecule has 0 atom stereocenters. The molecule has 1 heterocycles. The molecule has 8 nitrogen and oxygen atoms in total. The number of nitro groups is 1. The van der Waals surface area contributed by atoms with Crippen molar-refractivity contribution in [3.05, 3.63) is 63.5 Å². The van der Waals surface area contributed by atoms with Crippen LogP contribution in [0.2, 0.25) is 0 Å². The van der Waals surface area contributed by atoms with Gasteiger partial charge in [-0.15, -0.1) is 0 Å². The van der Waals surface area contributed by atoms with Gasteiger partial charge in [0.1, 0.15) is 0 Å². The summed E-state index contributed by atoms with van der Waals surface area (Å²) in [6.07, 6.45) is 0. The Hall–Kier alpha value is -2.56. The number of benzene rings is 2. The minimum Gasteiger partial charge on any atom is -0.494 e. The zero-order valence-electron chi connectivity index (χ0n) is 16.2. The molecule has 29 heavy (non-hydrogen) atoms. The van der Waals surface area contributed by atoms with Crippen molar-refractivity contribution in [3.63, 3.8) is 0 Å². The Labute approximate surface area is 168 Å². The molecule has 10 heteroatoms. The van der Waals surface area contributed by atoms with Gasteiger partial charge in [-0.2, -0.15) is 4.31 Å². The molecule has 1 aliphatic rings. The third kappa shape index (κ3) is 4.55. The van der Waals surface area contributed by atoms with Gasteiger partial charge in [0.25, 0.3) is 5.69 Å². The second-order valence-corrected chi connectivity index (χ2v) is 8.79. The predicted molar refractivity (Wildman–Crippen MR) is 105 cm³/mol. The summed E-state index contributed by atoms with van der Waals surface area (Å²) in [4.78, 5) is 12.5. The van der Waals surface area contributed by atoms with Crippen LogP contribution in [0.5, 0.6) is 5.75 Å². The zero-order chi connectivity index (χ0) is 21.2. The number of piperazine rings is 1. The minimum atomic E-state index is -3.82. The van der Waals surface area contributed by atoms with Gasteiger partial charge in [0.2, 0.25) is 10.0 Å². The van der Waals surface area contributed by atoms with E-state index in [9.17, 15) is 22.9 Å². The minimum absolute atomic E-state index is 0.0829. The average molecular weight is 423 g/mol. The van der Waals surface area contributed by atoms with Crippen LogP contribution in [0.3, 0.4) is 0 Å². The number of nitrogens with zero attached hydrogens (tertiary/aromatic N) is 3. The first kappa shape index (κ1) is 21.2. The van der Waals surface area contributed by atoms with Crippen molar-refractivity contribution >= 4 is 15.7 Å². The number of hydrogen-bond acceptors (Lipinski definition) is 6. The van der Waals surface area contributed by atoms with Crippen molar-refractivity contribution < 1.29 is 22.5 Å². The van der Waals surface area contributed by atoms with Crippen molar-refractivity contribution in [2.45, 2.75) is 18.4 Å². The summed E-state index contributed by atoms with van der Waals surface area (Å²) in [5.41, 5.74) is 0.963. The van der Waals surface area contributed by atoms with Gasteiger partial charge in [0.15, 0.2) is 11.6 Å². The molecule has 0 aromatic heterocycles. The van der Waals surface area contributed by atoms with Gasteiger partial charge < -0.3 is 4.74 Å². The number of aryl methyl sites for hydroxylation is 1. The van der Waals surface area contributed by atoms with Gasteiger partial charge in [-0.3, -0.25) is 15.0 Å². The summed E-state index contributed by atoms with van der Waals surface area (Å²) in [6, 6.07) is 8.69. The highest BCUT2D eigenvalue weighted by molar-refractivity contribution is 7.89. The lowest BCUT2D eigenvalue weighted by molar-refractivity contribution is -0.385. The normalized spacial score (nSPS) is 16.0. The van der Waals surface area contributed by atoms with Crippen LogP contribution in [0, 0.1) is 22.9 Å². The van der Waals surface area contributed by atoms with E-state index in [1.807, 2.05) is 4.90 Å². The molecule has 0 spiro atoms. The Kier molecular flexibility index (Phi) is 6.15. The number of methoxy groups -OCH3 is 1. The lowest BCUT2D eigenvalue weighted by atomic mass is 10.2. The Morgan fingerprint density at radius 3 is 2.41 bits per heavy atom. The van der Waals surface area contributed by atoms with E-state index in [2.05, 4.69) is 0 Å². The van der Waals surface area contributed by atoms with E-state index in [0.717, 1.165) is 11.6 Å². The molecule has 2 aromatic rings. The molecule has 0 radical (unpaired) electrons. The Morgan fingerprint density at radius 2 is 1.83 bits per heavy atom. The van der Waals surface area contributed by atoms with Crippen molar-refractivity contribution in [1.29, 1.82) is 0 Å². The second kappa shape index (κ2) is 8.44. The standard InChI is InChI=1S/C19H22FN3O5S/c1-14-3-5-16(12-18(14)23(24)25)29(26,27)22-9-7-21(8-10-22)13-15-4-6-19(28-2)17(20)11-15/h3-6,11-12H,7-10,13H2,1-2H3. The molecule has 0 unspecified atom stereocenters. The maximum absolute atomic E-state index is 13.8. The number of nitro benzene ring substituents is 1. The summed E-state index contributed by atoms with van der Waals surface area (Å²) in [5.74, 6) is -0.260. The van der Waals surface area contributed by atoms with Crippen molar-refractivity contribution in [2.24, 2.45) is 0 Å². The molecule has 1 fully saturated rings. The van der Waals surface area contributed by atoms with E-state index in [-0.39, 0.29) is 29.4 Å². The van der Waals surface area contributed by atoms with E-state index in [4.69, 9.17) is 4.74 Å². The summed E-state index contributed by atoms with van der Waals surface area (Å²) in [6.45, 7) is 3.51. The average Bonchev–Trinajstić information content (AvgIpc) is 2.68. The van der Waals surface area contributed by atoms with Gasteiger partial charge in [0.05, 0.1) is 16.9 Å². The molecule has 2 aromatic carbocycles. The summed E-state index contributed by atoms with van der Waals surface area (Å²) in [5, 5.41) is 11.1. The van der Waals surface area contributed by atoms with Crippen molar-refractivity contribution in [3.8, 4) is 5.75 Å². The maximum atomic E-state index is 13.8. The molecule has 1 saturated heterocycles. The molecular formula is C19H22FN3O5S. The quantitative estimate of drug-likeness (QED) is 0.524. The Morgan fingerprint density at radius 1 is 1.14 bits per heavy atom. The second-order valence-electron chi connectivity index (χ2n) is 6.85. The summed E-state index contributed by atoms with van der Waals surface area (Å²) < 4.78 is 45.8. The zero-order valence-corrected chi connectivity index (χ0v) is 17.0. The maximum Gasteiger partial charge on any atom is 0.273 e. The van der Waals surface area contributed by atoms with Gasteiger partial charge in [-0.05, 0) is 30.7 Å². The number of halogens is 1. The third-order valence-electron chi connectivity index (χ3n) is 4.97. The summed E-state index contributed by atoms with van der Waals surface area (Å²) in [7, 11) is -2.42. The molecule has 1 aliphatic heterocycles. The van der Waals surface area contributed by atoms with E-state index in [1.54, 1.807) is 19.1 Å². The van der Waals surface area contributed by atoms with E-state index < -0.39 is 20.8 Å². The Balaban J connectivity index is 1.67. The van der Waals surface area contributed by atoms with Crippen LogP contribution in [0.4, 0.5) is 10.1 Å². The fourth-order valence-corrected chi connectivity index (χ4v) is 4.73. The van der Waals surface area contributed by atoms with Crippen LogP contribution in [0.1, 0.15) is 11.1 Å². The third-order valence-corrected chi connectivity index (χ3v) is 6.86. The first-order valence-electron chi connectivity index (χ1n) is 9.02. The Bertz CT molecular complexity index is 1020. The van der Waals surface area contributed by atoms with Crippen molar-refractivity contribution in [2.75, 3.05) is 33.3 Å².